The van der Waals surface area contributed by atoms with E-state index in [0.29, 0.717) is 34.2 Å². The minimum Gasteiger partial charge on any atom is -0.507 e. The van der Waals surface area contributed by atoms with E-state index in [0.717, 1.165) is 6.42 Å². The van der Waals surface area contributed by atoms with Gasteiger partial charge in [0.15, 0.2) is 0 Å². The number of hydrogen-bond acceptors (Lipinski definition) is 4. The number of amides is 1. The van der Waals surface area contributed by atoms with Crippen LogP contribution in [0.15, 0.2) is 84.4 Å². The number of nitrogens with zero attached hydrogens (tertiary/aromatic N) is 1. The lowest BCUT2D eigenvalue weighted by molar-refractivity contribution is -0.132. The van der Waals surface area contributed by atoms with Crippen LogP contribution in [0.1, 0.15) is 30.5 Å². The van der Waals surface area contributed by atoms with Crippen molar-refractivity contribution in [3.05, 3.63) is 101 Å². The van der Waals surface area contributed by atoms with E-state index in [4.69, 9.17) is 16.3 Å². The van der Waals surface area contributed by atoms with Crippen LogP contribution < -0.4 is 9.64 Å². The number of aliphatic hydroxyl groups is 1. The van der Waals surface area contributed by atoms with Crippen LogP contribution >= 0.6 is 11.6 Å². The van der Waals surface area contributed by atoms with Crippen molar-refractivity contribution < 1.29 is 19.4 Å². The summed E-state index contributed by atoms with van der Waals surface area (Å²) in [6, 6.07) is 22.0. The Morgan fingerprint density at radius 3 is 2.47 bits per heavy atom. The zero-order valence-electron chi connectivity index (χ0n) is 17.5. The Kier molecular flexibility index (Phi) is 6.28. The number of carbonyl (C=O) groups is 2. The zero-order valence-corrected chi connectivity index (χ0v) is 18.3. The molecule has 5 nitrogen and oxygen atoms in total. The third-order valence-electron chi connectivity index (χ3n) is 5.23. The van der Waals surface area contributed by atoms with Crippen molar-refractivity contribution in [2.24, 2.45) is 0 Å². The zero-order chi connectivity index (χ0) is 22.7. The second-order valence-electron chi connectivity index (χ2n) is 7.44. The van der Waals surface area contributed by atoms with E-state index in [1.807, 2.05) is 37.3 Å². The van der Waals surface area contributed by atoms with E-state index in [2.05, 4.69) is 0 Å². The summed E-state index contributed by atoms with van der Waals surface area (Å²) in [5.41, 5.74) is 1.61. The number of hydrogen-bond donors (Lipinski definition) is 1. The van der Waals surface area contributed by atoms with Gasteiger partial charge in [0, 0.05) is 22.3 Å². The maximum Gasteiger partial charge on any atom is 0.300 e. The lowest BCUT2D eigenvalue weighted by Gasteiger charge is -2.25. The first-order chi connectivity index (χ1) is 15.5. The molecule has 32 heavy (non-hydrogen) atoms. The van der Waals surface area contributed by atoms with Crippen molar-refractivity contribution in [1.82, 2.24) is 0 Å². The maximum atomic E-state index is 13.2. The Labute approximate surface area is 191 Å². The molecule has 1 saturated heterocycles. The third kappa shape index (κ3) is 4.12. The Hall–Kier alpha value is -3.57. The lowest BCUT2D eigenvalue weighted by Crippen LogP contribution is -2.29. The average molecular weight is 448 g/mol. The predicted octanol–water partition coefficient (Wildman–Crippen LogP) is 5.76. The molecule has 1 aliphatic heterocycles. The Bertz CT molecular complexity index is 1190. The molecule has 0 bridgehead atoms. The second-order valence-corrected chi connectivity index (χ2v) is 7.87. The average Bonchev–Trinajstić information content (AvgIpc) is 3.08. The lowest BCUT2D eigenvalue weighted by atomic mass is 9.95. The molecule has 1 N–H and O–H groups in total. The molecule has 1 heterocycles. The number of ketones is 1. The first-order valence-corrected chi connectivity index (χ1v) is 10.7. The molecule has 1 unspecified atom stereocenters. The quantitative estimate of drug-likeness (QED) is 0.296. The highest BCUT2D eigenvalue weighted by atomic mass is 35.5. The van der Waals surface area contributed by atoms with Gasteiger partial charge in [0.25, 0.3) is 11.7 Å². The normalized spacial score (nSPS) is 17.6. The minimum atomic E-state index is -0.795. The smallest absolute Gasteiger partial charge is 0.300 e. The van der Waals surface area contributed by atoms with Crippen LogP contribution in [0.5, 0.6) is 5.75 Å². The van der Waals surface area contributed by atoms with Crippen LogP contribution in [0.2, 0.25) is 5.02 Å². The molecule has 0 saturated carbocycles. The molecule has 4 rings (SSSR count). The van der Waals surface area contributed by atoms with Crippen LogP contribution in [-0.2, 0) is 9.59 Å². The van der Waals surface area contributed by atoms with Gasteiger partial charge < -0.3 is 9.84 Å². The van der Waals surface area contributed by atoms with Crippen LogP contribution in [0, 0.1) is 0 Å². The van der Waals surface area contributed by atoms with Gasteiger partial charge in [-0.15, -0.1) is 0 Å². The molecule has 162 valence electrons. The van der Waals surface area contributed by atoms with Gasteiger partial charge >= 0.3 is 0 Å². The van der Waals surface area contributed by atoms with Crippen molar-refractivity contribution in [3.8, 4) is 5.75 Å². The Morgan fingerprint density at radius 2 is 1.75 bits per heavy atom. The Morgan fingerprint density at radius 1 is 1.00 bits per heavy atom. The highest BCUT2D eigenvalue weighted by Gasteiger charge is 2.47. The van der Waals surface area contributed by atoms with E-state index in [-0.39, 0.29) is 11.3 Å². The number of carbonyl (C=O) groups excluding carboxylic acids is 2. The molecular formula is C26H22ClNO4. The van der Waals surface area contributed by atoms with Gasteiger partial charge in [0.1, 0.15) is 11.5 Å². The van der Waals surface area contributed by atoms with E-state index < -0.39 is 17.7 Å². The summed E-state index contributed by atoms with van der Waals surface area (Å²) in [7, 11) is 0. The van der Waals surface area contributed by atoms with Crippen LogP contribution in [0.3, 0.4) is 0 Å². The predicted molar refractivity (Wildman–Crippen MR) is 125 cm³/mol. The molecule has 0 radical (unpaired) electrons. The highest BCUT2D eigenvalue weighted by molar-refractivity contribution is 6.51. The molecule has 0 aliphatic carbocycles. The molecule has 1 amide bonds. The van der Waals surface area contributed by atoms with Crippen LogP contribution in [0.25, 0.3) is 5.76 Å². The molecule has 1 atom stereocenters. The summed E-state index contributed by atoms with van der Waals surface area (Å²) in [4.78, 5) is 27.8. The fourth-order valence-corrected chi connectivity index (χ4v) is 3.97. The number of Topliss-reactive ketones (excluding diaryl/α,β-unsaturated/α-hetero) is 1. The van der Waals surface area contributed by atoms with E-state index in [1.165, 1.54) is 4.90 Å². The summed E-state index contributed by atoms with van der Waals surface area (Å²) in [5.74, 6) is -1.13. The van der Waals surface area contributed by atoms with Gasteiger partial charge in [0.2, 0.25) is 0 Å². The summed E-state index contributed by atoms with van der Waals surface area (Å²) in [5, 5.41) is 11.5. The van der Waals surface area contributed by atoms with Gasteiger partial charge in [0.05, 0.1) is 18.2 Å². The van der Waals surface area contributed by atoms with E-state index >= 15 is 0 Å². The molecule has 0 aromatic heterocycles. The molecule has 0 spiro atoms. The number of anilines is 1. The van der Waals surface area contributed by atoms with Crippen molar-refractivity contribution in [1.29, 1.82) is 0 Å². The van der Waals surface area contributed by atoms with Gasteiger partial charge in [-0.2, -0.15) is 0 Å². The van der Waals surface area contributed by atoms with Gasteiger partial charge in [-0.1, -0.05) is 67.1 Å². The summed E-state index contributed by atoms with van der Waals surface area (Å²) in [6.45, 7) is 2.55. The van der Waals surface area contributed by atoms with E-state index in [9.17, 15) is 14.7 Å². The standard InChI is InChI=1S/C26H22ClNO4/c1-2-14-32-21-13-7-12-20(16-21)28-23(17-8-4-3-5-9-17)22(25(30)26(28)31)24(29)18-10-6-11-19(27)15-18/h3-13,15-16,23,29H,2,14H2,1H3/b24-22+. The molecule has 3 aromatic carbocycles. The van der Waals surface area contributed by atoms with Gasteiger partial charge in [-0.3, -0.25) is 14.5 Å². The molecule has 1 fully saturated rings. The van der Waals surface area contributed by atoms with Crippen molar-refractivity contribution in [2.75, 3.05) is 11.5 Å². The summed E-state index contributed by atoms with van der Waals surface area (Å²) >= 11 is 6.09. The van der Waals surface area contributed by atoms with Gasteiger partial charge in [-0.05, 0) is 36.2 Å². The van der Waals surface area contributed by atoms with Crippen LogP contribution in [-0.4, -0.2) is 23.4 Å². The number of ether oxygens (including phenoxy) is 1. The largest absolute Gasteiger partial charge is 0.507 e. The SMILES string of the molecule is CCCOc1cccc(N2C(=O)C(=O)/C(=C(/O)c3cccc(Cl)c3)C2c2ccccc2)c1. The number of benzene rings is 3. The number of aliphatic hydroxyl groups excluding tert-OH is 1. The molecular weight excluding hydrogens is 426 g/mol. The number of rotatable bonds is 6. The highest BCUT2D eigenvalue weighted by Crippen LogP contribution is 2.42. The molecule has 3 aromatic rings. The fraction of sp³-hybridized carbons (Fsp3) is 0.154. The van der Waals surface area contributed by atoms with Crippen LogP contribution in [0.4, 0.5) is 5.69 Å². The monoisotopic (exact) mass is 447 g/mol. The molecule has 1 aliphatic rings. The van der Waals surface area contributed by atoms with Crippen molar-refractivity contribution in [2.45, 2.75) is 19.4 Å². The summed E-state index contributed by atoms with van der Waals surface area (Å²) < 4.78 is 5.72. The Balaban J connectivity index is 1.88. The fourth-order valence-electron chi connectivity index (χ4n) is 3.78. The first kappa shape index (κ1) is 21.7. The maximum absolute atomic E-state index is 13.2. The second kappa shape index (κ2) is 9.28. The molecule has 6 heteroatoms. The van der Waals surface area contributed by atoms with Crippen molar-refractivity contribution >= 4 is 34.7 Å². The first-order valence-electron chi connectivity index (χ1n) is 10.4. The van der Waals surface area contributed by atoms with Gasteiger partial charge in [-0.25, -0.2) is 0 Å². The summed E-state index contributed by atoms with van der Waals surface area (Å²) in [6.07, 6.45) is 0.846. The third-order valence-corrected chi connectivity index (χ3v) is 5.46. The number of halogens is 1. The van der Waals surface area contributed by atoms with E-state index in [1.54, 1.807) is 48.5 Å². The minimum absolute atomic E-state index is 0.0170. The topological polar surface area (TPSA) is 66.8 Å². The van der Waals surface area contributed by atoms with Crippen molar-refractivity contribution in [3.63, 3.8) is 0 Å².